The van der Waals surface area contributed by atoms with Crippen LogP contribution < -0.4 is 5.32 Å². The van der Waals surface area contributed by atoms with Crippen LogP contribution in [0.25, 0.3) is 0 Å². The van der Waals surface area contributed by atoms with Gasteiger partial charge >= 0.3 is 0 Å². The topological polar surface area (TPSA) is 21.3 Å². The minimum atomic E-state index is -0.172. The average Bonchev–Trinajstić information content (AvgIpc) is 2.38. The molecule has 1 atom stereocenters. The fourth-order valence-corrected chi connectivity index (χ4v) is 2.29. The summed E-state index contributed by atoms with van der Waals surface area (Å²) in [7, 11) is 0. The summed E-state index contributed by atoms with van der Waals surface area (Å²) in [4.78, 5) is 0. The van der Waals surface area contributed by atoms with Crippen LogP contribution in [0.2, 0.25) is 0 Å². The number of ether oxygens (including phenoxy) is 1. The van der Waals surface area contributed by atoms with E-state index in [0.717, 1.165) is 32.5 Å². The minimum absolute atomic E-state index is 0.172. The number of benzene rings is 1. The lowest BCUT2D eigenvalue weighted by atomic mass is 10.0. The average molecular weight is 237 g/mol. The second-order valence-corrected chi connectivity index (χ2v) is 4.57. The largest absolute Gasteiger partial charge is 0.381 e. The third kappa shape index (κ3) is 3.51. The van der Waals surface area contributed by atoms with E-state index in [1.165, 1.54) is 17.7 Å². The predicted molar refractivity (Wildman–Crippen MR) is 66.4 cm³/mol. The lowest BCUT2D eigenvalue weighted by Crippen LogP contribution is -2.37. The summed E-state index contributed by atoms with van der Waals surface area (Å²) in [5.41, 5.74) is 1.17. The minimum Gasteiger partial charge on any atom is -0.381 e. The molecule has 94 valence electrons. The van der Waals surface area contributed by atoms with E-state index in [4.69, 9.17) is 4.74 Å². The highest BCUT2D eigenvalue weighted by Crippen LogP contribution is 2.20. The summed E-state index contributed by atoms with van der Waals surface area (Å²) in [6, 6.07) is 7.65. The first-order chi connectivity index (χ1) is 8.29. The number of hydrogen-bond donors (Lipinski definition) is 1. The zero-order valence-corrected chi connectivity index (χ0v) is 10.3. The Morgan fingerprint density at radius 1 is 1.29 bits per heavy atom. The molecule has 3 heteroatoms. The van der Waals surface area contributed by atoms with E-state index < -0.39 is 0 Å². The number of hydrogen-bond acceptors (Lipinski definition) is 2. The Kier molecular flexibility index (Phi) is 4.51. The molecule has 0 aromatic heterocycles. The molecule has 2 rings (SSSR count). The van der Waals surface area contributed by atoms with Gasteiger partial charge in [-0.25, -0.2) is 4.39 Å². The van der Waals surface area contributed by atoms with Crippen molar-refractivity contribution in [3.63, 3.8) is 0 Å². The van der Waals surface area contributed by atoms with Gasteiger partial charge in [0, 0.05) is 25.3 Å². The van der Waals surface area contributed by atoms with Crippen molar-refractivity contribution in [1.29, 1.82) is 0 Å². The van der Waals surface area contributed by atoms with Gasteiger partial charge in [0.15, 0.2) is 0 Å². The fourth-order valence-electron chi connectivity index (χ4n) is 2.29. The molecule has 0 spiro atoms. The molecule has 0 aliphatic carbocycles. The van der Waals surface area contributed by atoms with Gasteiger partial charge in [0.2, 0.25) is 0 Å². The first-order valence-electron chi connectivity index (χ1n) is 6.39. The zero-order chi connectivity index (χ0) is 12.1. The van der Waals surface area contributed by atoms with E-state index in [0.29, 0.717) is 12.1 Å². The van der Waals surface area contributed by atoms with E-state index in [2.05, 4.69) is 12.2 Å². The van der Waals surface area contributed by atoms with Crippen LogP contribution in [0.15, 0.2) is 24.3 Å². The molecule has 1 aliphatic heterocycles. The van der Waals surface area contributed by atoms with Crippen LogP contribution in [0.3, 0.4) is 0 Å². The predicted octanol–water partition coefficient (Wildman–Crippen LogP) is 3.05. The SMILES string of the molecule is CCC(NC1CCOCC1)c1ccc(F)cc1. The molecular weight excluding hydrogens is 217 g/mol. The highest BCUT2D eigenvalue weighted by molar-refractivity contribution is 5.20. The molecule has 1 fully saturated rings. The van der Waals surface area contributed by atoms with Crippen LogP contribution in [0, 0.1) is 5.82 Å². The van der Waals surface area contributed by atoms with Gasteiger partial charge in [-0.2, -0.15) is 0 Å². The maximum Gasteiger partial charge on any atom is 0.123 e. The van der Waals surface area contributed by atoms with Gasteiger partial charge in [0.05, 0.1) is 0 Å². The van der Waals surface area contributed by atoms with Crippen LogP contribution in [-0.2, 0) is 4.74 Å². The highest BCUT2D eigenvalue weighted by Gasteiger charge is 2.18. The smallest absolute Gasteiger partial charge is 0.123 e. The molecule has 1 N–H and O–H groups in total. The van der Waals surface area contributed by atoms with Crippen LogP contribution in [0.4, 0.5) is 4.39 Å². The monoisotopic (exact) mass is 237 g/mol. The Morgan fingerprint density at radius 2 is 1.94 bits per heavy atom. The van der Waals surface area contributed by atoms with Crippen LogP contribution >= 0.6 is 0 Å². The highest BCUT2D eigenvalue weighted by atomic mass is 19.1. The molecule has 0 radical (unpaired) electrons. The maximum absolute atomic E-state index is 12.9. The van der Waals surface area contributed by atoms with Crippen molar-refractivity contribution in [2.75, 3.05) is 13.2 Å². The number of nitrogens with one attached hydrogen (secondary N) is 1. The summed E-state index contributed by atoms with van der Waals surface area (Å²) in [5.74, 6) is -0.172. The van der Waals surface area contributed by atoms with Crippen LogP contribution in [0.5, 0.6) is 0 Å². The van der Waals surface area contributed by atoms with E-state index in [1.54, 1.807) is 0 Å². The molecule has 1 saturated heterocycles. The van der Waals surface area contributed by atoms with Gasteiger partial charge in [0.25, 0.3) is 0 Å². The molecule has 0 bridgehead atoms. The van der Waals surface area contributed by atoms with Gasteiger partial charge in [-0.3, -0.25) is 0 Å². The molecular formula is C14H20FNO. The molecule has 1 aliphatic rings. The van der Waals surface area contributed by atoms with Crippen LogP contribution in [-0.4, -0.2) is 19.3 Å². The van der Waals surface area contributed by atoms with Crippen molar-refractivity contribution in [3.8, 4) is 0 Å². The first kappa shape index (κ1) is 12.5. The number of rotatable bonds is 4. The van der Waals surface area contributed by atoms with Gasteiger partial charge in [-0.05, 0) is 37.0 Å². The Bertz CT molecular complexity index is 333. The summed E-state index contributed by atoms with van der Waals surface area (Å²) >= 11 is 0. The van der Waals surface area contributed by atoms with Gasteiger partial charge in [0.1, 0.15) is 5.82 Å². The molecule has 1 unspecified atom stereocenters. The lowest BCUT2D eigenvalue weighted by Gasteiger charge is -2.28. The summed E-state index contributed by atoms with van der Waals surface area (Å²) in [6.45, 7) is 3.84. The van der Waals surface area contributed by atoms with Crippen molar-refractivity contribution in [1.82, 2.24) is 5.32 Å². The van der Waals surface area contributed by atoms with Crippen molar-refractivity contribution in [2.45, 2.75) is 38.3 Å². The first-order valence-corrected chi connectivity index (χ1v) is 6.39. The lowest BCUT2D eigenvalue weighted by molar-refractivity contribution is 0.0746. The Labute approximate surface area is 102 Å². The van der Waals surface area contributed by atoms with Crippen molar-refractivity contribution >= 4 is 0 Å². The maximum atomic E-state index is 12.9. The normalized spacial score (nSPS) is 19.2. The second-order valence-electron chi connectivity index (χ2n) is 4.57. The molecule has 0 amide bonds. The van der Waals surface area contributed by atoms with E-state index >= 15 is 0 Å². The Morgan fingerprint density at radius 3 is 2.53 bits per heavy atom. The van der Waals surface area contributed by atoms with Crippen molar-refractivity contribution in [2.24, 2.45) is 0 Å². The fraction of sp³-hybridized carbons (Fsp3) is 0.571. The molecule has 1 heterocycles. The summed E-state index contributed by atoms with van der Waals surface area (Å²) in [5, 5.41) is 3.64. The van der Waals surface area contributed by atoms with Gasteiger partial charge in [-0.1, -0.05) is 19.1 Å². The van der Waals surface area contributed by atoms with E-state index in [1.807, 2.05) is 12.1 Å². The van der Waals surface area contributed by atoms with Crippen molar-refractivity contribution in [3.05, 3.63) is 35.6 Å². The number of halogens is 1. The molecule has 17 heavy (non-hydrogen) atoms. The molecule has 0 saturated carbocycles. The Balaban J connectivity index is 1.97. The van der Waals surface area contributed by atoms with E-state index in [-0.39, 0.29) is 5.82 Å². The molecule has 2 nitrogen and oxygen atoms in total. The van der Waals surface area contributed by atoms with Crippen molar-refractivity contribution < 1.29 is 9.13 Å². The Hall–Kier alpha value is -0.930. The third-order valence-corrected chi connectivity index (χ3v) is 3.34. The van der Waals surface area contributed by atoms with E-state index in [9.17, 15) is 4.39 Å². The quantitative estimate of drug-likeness (QED) is 0.869. The van der Waals surface area contributed by atoms with Gasteiger partial charge in [-0.15, -0.1) is 0 Å². The molecule has 1 aromatic rings. The standard InChI is InChI=1S/C14H20FNO/c1-2-14(11-3-5-12(15)6-4-11)16-13-7-9-17-10-8-13/h3-6,13-14,16H,2,7-10H2,1H3. The van der Waals surface area contributed by atoms with Crippen LogP contribution in [0.1, 0.15) is 37.8 Å². The third-order valence-electron chi connectivity index (χ3n) is 3.34. The summed E-state index contributed by atoms with van der Waals surface area (Å²) in [6.07, 6.45) is 3.15. The molecule has 1 aromatic carbocycles. The summed E-state index contributed by atoms with van der Waals surface area (Å²) < 4.78 is 18.2. The second kappa shape index (κ2) is 6.12. The van der Waals surface area contributed by atoms with Gasteiger partial charge < -0.3 is 10.1 Å². The zero-order valence-electron chi connectivity index (χ0n) is 10.3.